The average Bonchev–Trinajstić information content (AvgIpc) is 3.11. The standard InChI is InChI=1S/C18H22N2O3/c1-12(2)23-14-8-6-13(7-9-14)15-16(20-10-4-5-11-20)18(22)19(3)17(15)21/h6-9,12H,4-5,10-11H2,1-3H3. The Morgan fingerprint density at radius 2 is 1.61 bits per heavy atom. The highest BCUT2D eigenvalue weighted by Gasteiger charge is 2.39. The lowest BCUT2D eigenvalue weighted by Gasteiger charge is -2.19. The number of likely N-dealkylation sites (tertiary alicyclic amines) is 1. The van der Waals surface area contributed by atoms with Gasteiger partial charge in [0.05, 0.1) is 11.7 Å². The third-order valence-electron chi connectivity index (χ3n) is 4.20. The van der Waals surface area contributed by atoms with Crippen LogP contribution in [-0.4, -0.2) is 47.9 Å². The van der Waals surface area contributed by atoms with Crippen molar-refractivity contribution in [2.75, 3.05) is 20.1 Å². The minimum Gasteiger partial charge on any atom is -0.491 e. The number of hydrogen-bond donors (Lipinski definition) is 0. The van der Waals surface area contributed by atoms with Gasteiger partial charge in [-0.1, -0.05) is 12.1 Å². The molecule has 1 fully saturated rings. The summed E-state index contributed by atoms with van der Waals surface area (Å²) in [5.41, 5.74) is 1.83. The highest BCUT2D eigenvalue weighted by molar-refractivity contribution is 6.35. The molecule has 1 aromatic carbocycles. The Morgan fingerprint density at radius 1 is 1.00 bits per heavy atom. The van der Waals surface area contributed by atoms with Gasteiger partial charge in [-0.25, -0.2) is 0 Å². The second kappa shape index (κ2) is 6.07. The number of nitrogens with zero attached hydrogens (tertiary/aromatic N) is 2. The van der Waals surface area contributed by atoms with Gasteiger partial charge in [-0.3, -0.25) is 14.5 Å². The van der Waals surface area contributed by atoms with E-state index in [0.29, 0.717) is 11.3 Å². The van der Waals surface area contributed by atoms with E-state index in [9.17, 15) is 9.59 Å². The number of carbonyl (C=O) groups is 2. The van der Waals surface area contributed by atoms with Crippen molar-refractivity contribution in [1.82, 2.24) is 9.80 Å². The van der Waals surface area contributed by atoms with Crippen LogP contribution in [0.15, 0.2) is 30.0 Å². The maximum Gasteiger partial charge on any atom is 0.277 e. The average molecular weight is 314 g/mol. The van der Waals surface area contributed by atoms with Crippen LogP contribution in [0.2, 0.25) is 0 Å². The van der Waals surface area contributed by atoms with Crippen molar-refractivity contribution >= 4 is 17.4 Å². The molecule has 0 aromatic heterocycles. The molecule has 2 heterocycles. The fourth-order valence-electron chi connectivity index (χ4n) is 3.09. The van der Waals surface area contributed by atoms with Crippen molar-refractivity contribution in [3.63, 3.8) is 0 Å². The summed E-state index contributed by atoms with van der Waals surface area (Å²) >= 11 is 0. The quantitative estimate of drug-likeness (QED) is 0.800. The highest BCUT2D eigenvalue weighted by Crippen LogP contribution is 2.33. The molecule has 0 atom stereocenters. The molecular formula is C18H22N2O3. The molecule has 2 amide bonds. The van der Waals surface area contributed by atoms with Gasteiger partial charge in [0.15, 0.2) is 0 Å². The van der Waals surface area contributed by atoms with Gasteiger partial charge in [0.2, 0.25) is 0 Å². The van der Waals surface area contributed by atoms with E-state index in [0.717, 1.165) is 37.2 Å². The van der Waals surface area contributed by atoms with Crippen molar-refractivity contribution in [3.8, 4) is 5.75 Å². The zero-order chi connectivity index (χ0) is 16.6. The zero-order valence-electron chi connectivity index (χ0n) is 13.8. The summed E-state index contributed by atoms with van der Waals surface area (Å²) in [6.07, 6.45) is 2.22. The maximum atomic E-state index is 12.5. The molecule has 2 aliphatic rings. The topological polar surface area (TPSA) is 49.9 Å². The summed E-state index contributed by atoms with van der Waals surface area (Å²) < 4.78 is 5.64. The number of likely N-dealkylation sites (N-methyl/N-ethyl adjacent to an activating group) is 1. The number of amides is 2. The van der Waals surface area contributed by atoms with Crippen LogP contribution in [0.4, 0.5) is 0 Å². The predicted molar refractivity (Wildman–Crippen MR) is 87.7 cm³/mol. The van der Waals surface area contributed by atoms with Crippen LogP contribution in [-0.2, 0) is 9.59 Å². The highest BCUT2D eigenvalue weighted by atomic mass is 16.5. The van der Waals surface area contributed by atoms with E-state index in [1.54, 1.807) is 7.05 Å². The number of rotatable bonds is 4. The fourth-order valence-corrected chi connectivity index (χ4v) is 3.09. The second-order valence-electron chi connectivity index (χ2n) is 6.28. The van der Waals surface area contributed by atoms with Crippen molar-refractivity contribution in [1.29, 1.82) is 0 Å². The first-order chi connectivity index (χ1) is 11.0. The second-order valence-corrected chi connectivity index (χ2v) is 6.28. The summed E-state index contributed by atoms with van der Waals surface area (Å²) in [6, 6.07) is 7.40. The molecule has 0 unspecified atom stereocenters. The normalized spacial score (nSPS) is 18.6. The smallest absolute Gasteiger partial charge is 0.277 e. The number of hydrogen-bond acceptors (Lipinski definition) is 4. The first kappa shape index (κ1) is 15.6. The number of ether oxygens (including phenoxy) is 1. The van der Waals surface area contributed by atoms with Gasteiger partial charge in [0.1, 0.15) is 11.4 Å². The molecule has 0 N–H and O–H groups in total. The predicted octanol–water partition coefficient (Wildman–Crippen LogP) is 2.28. The zero-order valence-corrected chi connectivity index (χ0v) is 13.8. The van der Waals surface area contributed by atoms with E-state index in [2.05, 4.69) is 0 Å². The van der Waals surface area contributed by atoms with E-state index in [1.807, 2.05) is 43.0 Å². The Bertz CT molecular complexity index is 655. The minimum absolute atomic E-state index is 0.0982. The Balaban J connectivity index is 1.99. The first-order valence-corrected chi connectivity index (χ1v) is 8.07. The molecule has 1 aromatic rings. The molecule has 0 radical (unpaired) electrons. The van der Waals surface area contributed by atoms with Gasteiger partial charge in [0, 0.05) is 20.1 Å². The molecule has 0 saturated carbocycles. The summed E-state index contributed by atoms with van der Waals surface area (Å²) in [5.74, 6) is 0.334. The van der Waals surface area contributed by atoms with Gasteiger partial charge in [-0.05, 0) is 44.4 Å². The molecule has 0 bridgehead atoms. The lowest BCUT2D eigenvalue weighted by molar-refractivity contribution is -0.135. The van der Waals surface area contributed by atoms with Crippen LogP contribution in [0.5, 0.6) is 5.75 Å². The van der Waals surface area contributed by atoms with Gasteiger partial charge in [0.25, 0.3) is 11.8 Å². The third kappa shape index (κ3) is 2.83. The Kier molecular flexibility index (Phi) is 4.11. The maximum absolute atomic E-state index is 12.5. The summed E-state index contributed by atoms with van der Waals surface area (Å²) in [5, 5.41) is 0. The largest absolute Gasteiger partial charge is 0.491 e. The van der Waals surface area contributed by atoms with Crippen molar-refractivity contribution in [3.05, 3.63) is 35.5 Å². The molecule has 122 valence electrons. The SMILES string of the molecule is CC(C)Oc1ccc(C2=C(N3CCCC3)C(=O)N(C)C2=O)cc1. The van der Waals surface area contributed by atoms with E-state index in [-0.39, 0.29) is 17.9 Å². The lowest BCUT2D eigenvalue weighted by atomic mass is 10.0. The van der Waals surface area contributed by atoms with Crippen LogP contribution in [0.25, 0.3) is 5.57 Å². The van der Waals surface area contributed by atoms with E-state index in [4.69, 9.17) is 4.74 Å². The summed E-state index contributed by atoms with van der Waals surface area (Å²) in [7, 11) is 1.55. The Labute approximate surface area is 136 Å². The van der Waals surface area contributed by atoms with Crippen LogP contribution < -0.4 is 4.74 Å². The molecule has 1 saturated heterocycles. The van der Waals surface area contributed by atoms with Gasteiger partial charge in [-0.15, -0.1) is 0 Å². The Morgan fingerprint density at radius 3 is 2.17 bits per heavy atom. The molecule has 23 heavy (non-hydrogen) atoms. The Hall–Kier alpha value is -2.30. The fraction of sp³-hybridized carbons (Fsp3) is 0.444. The van der Waals surface area contributed by atoms with Crippen molar-refractivity contribution in [2.24, 2.45) is 0 Å². The van der Waals surface area contributed by atoms with Crippen LogP contribution in [0.1, 0.15) is 32.3 Å². The van der Waals surface area contributed by atoms with Gasteiger partial charge < -0.3 is 9.64 Å². The first-order valence-electron chi connectivity index (χ1n) is 8.07. The van der Waals surface area contributed by atoms with E-state index < -0.39 is 0 Å². The van der Waals surface area contributed by atoms with Crippen LogP contribution in [0, 0.1) is 0 Å². The van der Waals surface area contributed by atoms with Crippen molar-refractivity contribution in [2.45, 2.75) is 32.8 Å². The molecular weight excluding hydrogens is 292 g/mol. The number of imide groups is 1. The molecule has 0 aliphatic carbocycles. The molecule has 0 spiro atoms. The van der Waals surface area contributed by atoms with E-state index >= 15 is 0 Å². The van der Waals surface area contributed by atoms with Gasteiger partial charge >= 0.3 is 0 Å². The molecule has 2 aliphatic heterocycles. The number of benzene rings is 1. The molecule has 5 heteroatoms. The molecule has 5 nitrogen and oxygen atoms in total. The van der Waals surface area contributed by atoms with Crippen LogP contribution in [0.3, 0.4) is 0 Å². The summed E-state index contributed by atoms with van der Waals surface area (Å²) in [4.78, 5) is 28.3. The monoisotopic (exact) mass is 314 g/mol. The van der Waals surface area contributed by atoms with Crippen LogP contribution >= 0.6 is 0 Å². The molecule has 3 rings (SSSR count). The number of carbonyl (C=O) groups excluding carboxylic acids is 2. The minimum atomic E-state index is -0.227. The van der Waals surface area contributed by atoms with Gasteiger partial charge in [-0.2, -0.15) is 0 Å². The van der Waals surface area contributed by atoms with E-state index in [1.165, 1.54) is 4.90 Å². The third-order valence-corrected chi connectivity index (χ3v) is 4.20. The summed E-state index contributed by atoms with van der Waals surface area (Å²) in [6.45, 7) is 5.60. The lowest BCUT2D eigenvalue weighted by Crippen LogP contribution is -2.31. The van der Waals surface area contributed by atoms with Crippen molar-refractivity contribution < 1.29 is 14.3 Å².